The molecule has 0 N–H and O–H groups in total. The van der Waals surface area contributed by atoms with E-state index in [2.05, 4.69) is 0 Å². The van der Waals surface area contributed by atoms with Gasteiger partial charge in [0.25, 0.3) is 0 Å². The predicted molar refractivity (Wildman–Crippen MR) is 89.1 cm³/mol. The quantitative estimate of drug-likeness (QED) is 0.816. The normalized spacial score (nSPS) is 17.6. The number of carbonyl (C=O) groups excluding carboxylic acids is 2. The molecule has 6 nitrogen and oxygen atoms in total. The van der Waals surface area contributed by atoms with Crippen LogP contribution in [-0.4, -0.2) is 62.0 Å². The smallest absolute Gasteiger partial charge is 0.227 e. The maximum Gasteiger partial charge on any atom is 0.227 e. The van der Waals surface area contributed by atoms with Crippen molar-refractivity contribution >= 4 is 11.8 Å². The Labute approximate surface area is 142 Å². The molecule has 0 bridgehead atoms. The average Bonchev–Trinajstić information content (AvgIpc) is 3.46. The van der Waals surface area contributed by atoms with E-state index in [0.717, 1.165) is 18.4 Å². The first-order valence-corrected chi connectivity index (χ1v) is 8.40. The summed E-state index contributed by atoms with van der Waals surface area (Å²) >= 11 is 0. The Balaban J connectivity index is 1.55. The standard InChI is InChI=1S/C18H24N2O4/c1-23-15-6-3-13(11-16(15)24-2)12-17(21)19-7-9-20(10-8-19)18(22)14-4-5-14/h3,6,11,14H,4-5,7-10,12H2,1-2H3. The summed E-state index contributed by atoms with van der Waals surface area (Å²) in [7, 11) is 3.17. The van der Waals surface area contributed by atoms with E-state index in [4.69, 9.17) is 9.47 Å². The minimum absolute atomic E-state index is 0.0840. The van der Waals surface area contributed by atoms with E-state index >= 15 is 0 Å². The third-order valence-corrected chi connectivity index (χ3v) is 4.67. The number of rotatable bonds is 5. The Morgan fingerprint density at radius 3 is 2.21 bits per heavy atom. The van der Waals surface area contributed by atoms with Crippen molar-refractivity contribution in [3.05, 3.63) is 23.8 Å². The maximum absolute atomic E-state index is 12.5. The lowest BCUT2D eigenvalue weighted by Crippen LogP contribution is -2.51. The van der Waals surface area contributed by atoms with Crippen LogP contribution < -0.4 is 9.47 Å². The molecule has 130 valence electrons. The van der Waals surface area contributed by atoms with E-state index in [-0.39, 0.29) is 17.7 Å². The molecule has 1 aromatic rings. The number of hydrogen-bond acceptors (Lipinski definition) is 4. The highest BCUT2D eigenvalue weighted by Gasteiger charge is 2.35. The highest BCUT2D eigenvalue weighted by atomic mass is 16.5. The number of methoxy groups -OCH3 is 2. The van der Waals surface area contributed by atoms with E-state index < -0.39 is 0 Å². The van der Waals surface area contributed by atoms with E-state index in [1.165, 1.54) is 0 Å². The fourth-order valence-electron chi connectivity index (χ4n) is 3.04. The number of ether oxygens (including phenoxy) is 2. The molecule has 0 atom stereocenters. The predicted octanol–water partition coefficient (Wildman–Crippen LogP) is 1.33. The van der Waals surface area contributed by atoms with Gasteiger partial charge in [0.2, 0.25) is 11.8 Å². The summed E-state index contributed by atoms with van der Waals surface area (Å²) in [5, 5.41) is 0. The molecule has 1 saturated heterocycles. The van der Waals surface area contributed by atoms with Crippen LogP contribution in [0.5, 0.6) is 11.5 Å². The van der Waals surface area contributed by atoms with Gasteiger partial charge in [0.05, 0.1) is 20.6 Å². The topological polar surface area (TPSA) is 59.1 Å². The Morgan fingerprint density at radius 1 is 1.00 bits per heavy atom. The molecule has 1 aromatic carbocycles. The van der Waals surface area contributed by atoms with Crippen LogP contribution in [0.15, 0.2) is 18.2 Å². The molecule has 2 amide bonds. The van der Waals surface area contributed by atoms with Gasteiger partial charge in [0, 0.05) is 32.1 Å². The average molecular weight is 332 g/mol. The second-order valence-corrected chi connectivity index (χ2v) is 6.35. The summed E-state index contributed by atoms with van der Waals surface area (Å²) in [6.45, 7) is 2.52. The monoisotopic (exact) mass is 332 g/mol. The number of carbonyl (C=O) groups is 2. The van der Waals surface area contributed by atoms with Crippen LogP contribution in [-0.2, 0) is 16.0 Å². The molecule has 2 aliphatic rings. The van der Waals surface area contributed by atoms with Gasteiger partial charge in [0.15, 0.2) is 11.5 Å². The molecule has 0 unspecified atom stereocenters. The van der Waals surface area contributed by atoms with Crippen molar-refractivity contribution < 1.29 is 19.1 Å². The lowest BCUT2D eigenvalue weighted by molar-refractivity contribution is -0.140. The molecule has 3 rings (SSSR count). The van der Waals surface area contributed by atoms with Gasteiger partial charge in [-0.1, -0.05) is 6.07 Å². The minimum atomic E-state index is 0.0840. The van der Waals surface area contributed by atoms with Crippen LogP contribution in [0, 0.1) is 5.92 Å². The second kappa shape index (κ2) is 7.11. The molecule has 1 heterocycles. The lowest BCUT2D eigenvalue weighted by Gasteiger charge is -2.35. The van der Waals surface area contributed by atoms with Gasteiger partial charge in [-0.2, -0.15) is 0 Å². The molecule has 1 aliphatic heterocycles. The molecular formula is C18H24N2O4. The first-order valence-electron chi connectivity index (χ1n) is 8.40. The number of piperazine rings is 1. The molecule has 1 aliphatic carbocycles. The zero-order valence-electron chi connectivity index (χ0n) is 14.3. The summed E-state index contributed by atoms with van der Waals surface area (Å²) in [5.41, 5.74) is 0.897. The van der Waals surface area contributed by atoms with Gasteiger partial charge >= 0.3 is 0 Å². The fourth-order valence-corrected chi connectivity index (χ4v) is 3.04. The largest absolute Gasteiger partial charge is 0.493 e. The summed E-state index contributed by atoms with van der Waals surface area (Å²) in [6.07, 6.45) is 2.38. The Hall–Kier alpha value is -2.24. The molecule has 1 saturated carbocycles. The Kier molecular flexibility index (Phi) is 4.92. The summed E-state index contributed by atoms with van der Waals surface area (Å²) in [4.78, 5) is 28.3. The van der Waals surface area contributed by atoms with E-state index in [1.54, 1.807) is 14.2 Å². The summed E-state index contributed by atoms with van der Waals surface area (Å²) in [6, 6.07) is 5.53. The number of amides is 2. The third-order valence-electron chi connectivity index (χ3n) is 4.67. The molecule has 0 aromatic heterocycles. The molecule has 0 spiro atoms. The number of benzene rings is 1. The van der Waals surface area contributed by atoms with Crippen LogP contribution in [0.2, 0.25) is 0 Å². The first kappa shape index (κ1) is 16.6. The number of nitrogens with zero attached hydrogens (tertiary/aromatic N) is 2. The van der Waals surface area contributed by atoms with Crippen LogP contribution >= 0.6 is 0 Å². The minimum Gasteiger partial charge on any atom is -0.493 e. The molecule has 6 heteroatoms. The Bertz CT molecular complexity index is 619. The van der Waals surface area contributed by atoms with Crippen molar-refractivity contribution in [2.75, 3.05) is 40.4 Å². The van der Waals surface area contributed by atoms with Crippen molar-refractivity contribution in [2.45, 2.75) is 19.3 Å². The van der Waals surface area contributed by atoms with Gasteiger partial charge in [-0.15, -0.1) is 0 Å². The highest BCUT2D eigenvalue weighted by Crippen LogP contribution is 2.31. The Morgan fingerprint density at radius 2 is 1.62 bits per heavy atom. The zero-order chi connectivity index (χ0) is 17.1. The van der Waals surface area contributed by atoms with Crippen LogP contribution in [0.3, 0.4) is 0 Å². The van der Waals surface area contributed by atoms with Crippen LogP contribution in [0.4, 0.5) is 0 Å². The second-order valence-electron chi connectivity index (χ2n) is 6.35. The van der Waals surface area contributed by atoms with E-state index in [1.807, 2.05) is 28.0 Å². The molecule has 0 radical (unpaired) electrons. The maximum atomic E-state index is 12.5. The molecular weight excluding hydrogens is 308 g/mol. The van der Waals surface area contributed by atoms with Crippen molar-refractivity contribution in [1.29, 1.82) is 0 Å². The first-order chi connectivity index (χ1) is 11.6. The summed E-state index contributed by atoms with van der Waals surface area (Å²) < 4.78 is 10.5. The summed E-state index contributed by atoms with van der Waals surface area (Å²) in [5.74, 6) is 1.88. The number of hydrogen-bond donors (Lipinski definition) is 0. The molecule has 24 heavy (non-hydrogen) atoms. The van der Waals surface area contributed by atoms with Crippen molar-refractivity contribution in [2.24, 2.45) is 5.92 Å². The highest BCUT2D eigenvalue weighted by molar-refractivity contribution is 5.82. The van der Waals surface area contributed by atoms with E-state index in [0.29, 0.717) is 44.1 Å². The van der Waals surface area contributed by atoms with Crippen LogP contribution in [0.1, 0.15) is 18.4 Å². The van der Waals surface area contributed by atoms with Crippen molar-refractivity contribution in [3.8, 4) is 11.5 Å². The lowest BCUT2D eigenvalue weighted by atomic mass is 10.1. The SMILES string of the molecule is COc1ccc(CC(=O)N2CCN(C(=O)C3CC3)CC2)cc1OC. The van der Waals surface area contributed by atoms with Crippen LogP contribution in [0.25, 0.3) is 0 Å². The van der Waals surface area contributed by atoms with Gasteiger partial charge in [-0.3, -0.25) is 9.59 Å². The van der Waals surface area contributed by atoms with Crippen molar-refractivity contribution in [3.63, 3.8) is 0 Å². The zero-order valence-corrected chi connectivity index (χ0v) is 14.3. The van der Waals surface area contributed by atoms with Crippen molar-refractivity contribution in [1.82, 2.24) is 9.80 Å². The van der Waals surface area contributed by atoms with Gasteiger partial charge in [-0.25, -0.2) is 0 Å². The van der Waals surface area contributed by atoms with E-state index in [9.17, 15) is 9.59 Å². The van der Waals surface area contributed by atoms with Gasteiger partial charge < -0.3 is 19.3 Å². The fraction of sp³-hybridized carbons (Fsp3) is 0.556. The third kappa shape index (κ3) is 3.63. The van der Waals surface area contributed by atoms with Gasteiger partial charge in [-0.05, 0) is 30.5 Å². The van der Waals surface area contributed by atoms with Gasteiger partial charge in [0.1, 0.15) is 0 Å². The molecule has 2 fully saturated rings.